The molecule has 0 aliphatic rings. The third-order valence-corrected chi connectivity index (χ3v) is 7.38. The first-order valence-corrected chi connectivity index (χ1v) is 13.2. The SMILES string of the molecule is C=CCc1cc(Sc2cc(CC=C)c(O)c(Cc3ccc(O)c(C)c3)c2)cc(Cc2ccc(O)cc2)c1O. The van der Waals surface area contributed by atoms with Crippen LogP contribution in [0.2, 0.25) is 0 Å². The lowest BCUT2D eigenvalue weighted by Gasteiger charge is -2.15. The van der Waals surface area contributed by atoms with E-state index in [0.29, 0.717) is 25.7 Å². The molecule has 0 spiro atoms. The van der Waals surface area contributed by atoms with E-state index in [2.05, 4.69) is 13.2 Å². The minimum atomic E-state index is 0.204. The van der Waals surface area contributed by atoms with Crippen molar-refractivity contribution in [1.82, 2.24) is 0 Å². The van der Waals surface area contributed by atoms with Crippen LogP contribution in [0.4, 0.5) is 0 Å². The van der Waals surface area contributed by atoms with Gasteiger partial charge in [0.1, 0.15) is 23.0 Å². The van der Waals surface area contributed by atoms with Gasteiger partial charge in [0.2, 0.25) is 0 Å². The second-order valence-corrected chi connectivity index (χ2v) is 10.6. The Morgan fingerprint density at radius 2 is 1.11 bits per heavy atom. The molecule has 38 heavy (non-hydrogen) atoms. The molecule has 0 amide bonds. The smallest absolute Gasteiger partial charge is 0.122 e. The van der Waals surface area contributed by atoms with Gasteiger partial charge in [-0.25, -0.2) is 0 Å². The number of hydrogen-bond donors (Lipinski definition) is 4. The topological polar surface area (TPSA) is 80.9 Å². The minimum Gasteiger partial charge on any atom is -0.508 e. The molecule has 4 aromatic carbocycles. The summed E-state index contributed by atoms with van der Waals surface area (Å²) in [5, 5.41) is 41.5. The Labute approximate surface area is 228 Å². The fourth-order valence-electron chi connectivity index (χ4n) is 4.48. The summed E-state index contributed by atoms with van der Waals surface area (Å²) in [4.78, 5) is 1.94. The first-order valence-electron chi connectivity index (χ1n) is 12.4. The van der Waals surface area contributed by atoms with Gasteiger partial charge in [-0.2, -0.15) is 0 Å². The maximum absolute atomic E-state index is 11.0. The monoisotopic (exact) mass is 524 g/mol. The van der Waals surface area contributed by atoms with Crippen molar-refractivity contribution >= 4 is 11.8 Å². The molecule has 0 fully saturated rings. The zero-order valence-corrected chi connectivity index (χ0v) is 22.3. The summed E-state index contributed by atoms with van der Waals surface area (Å²) in [7, 11) is 0. The van der Waals surface area contributed by atoms with Crippen LogP contribution in [0.5, 0.6) is 23.0 Å². The standard InChI is InChI=1S/C33H32O4S/c1-4-6-24-17-29(19-26(32(24)36)15-22-8-11-28(34)12-9-22)38-30-18-25(7-5-2)33(37)27(20-30)16-23-10-13-31(35)21(3)14-23/h4-5,8-14,17-20,34-37H,1-2,6-7,15-16H2,3H3. The largest absolute Gasteiger partial charge is 0.508 e. The van der Waals surface area contributed by atoms with Gasteiger partial charge in [-0.15, -0.1) is 13.2 Å². The Balaban J connectivity index is 1.71. The second-order valence-electron chi connectivity index (χ2n) is 9.41. The van der Waals surface area contributed by atoms with Crippen molar-refractivity contribution in [2.75, 3.05) is 0 Å². The molecule has 4 rings (SSSR count). The van der Waals surface area contributed by atoms with Gasteiger partial charge in [0, 0.05) is 22.6 Å². The molecule has 0 radical (unpaired) electrons. The van der Waals surface area contributed by atoms with E-state index in [1.807, 2.05) is 55.5 Å². The molecule has 0 bridgehead atoms. The van der Waals surface area contributed by atoms with Gasteiger partial charge in [-0.3, -0.25) is 0 Å². The van der Waals surface area contributed by atoms with E-state index in [9.17, 15) is 20.4 Å². The van der Waals surface area contributed by atoms with Crippen molar-refractivity contribution in [3.05, 3.63) is 131 Å². The molecule has 0 heterocycles. The van der Waals surface area contributed by atoms with Crippen LogP contribution < -0.4 is 0 Å². The summed E-state index contributed by atoms with van der Waals surface area (Å²) >= 11 is 1.57. The molecule has 5 heteroatoms. The van der Waals surface area contributed by atoms with Crippen molar-refractivity contribution in [1.29, 1.82) is 0 Å². The van der Waals surface area contributed by atoms with Crippen molar-refractivity contribution < 1.29 is 20.4 Å². The van der Waals surface area contributed by atoms with E-state index in [1.165, 1.54) is 0 Å². The van der Waals surface area contributed by atoms with E-state index < -0.39 is 0 Å². The molecule has 0 atom stereocenters. The van der Waals surface area contributed by atoms with Crippen LogP contribution >= 0.6 is 11.8 Å². The highest BCUT2D eigenvalue weighted by Gasteiger charge is 2.15. The Morgan fingerprint density at radius 1 is 0.632 bits per heavy atom. The quantitative estimate of drug-likeness (QED) is 0.161. The van der Waals surface area contributed by atoms with Gasteiger partial charge in [-0.1, -0.05) is 48.2 Å². The maximum atomic E-state index is 11.0. The van der Waals surface area contributed by atoms with Crippen LogP contribution in [0.15, 0.2) is 102 Å². The van der Waals surface area contributed by atoms with Crippen molar-refractivity contribution in [2.24, 2.45) is 0 Å². The molecule has 0 saturated carbocycles. The zero-order chi connectivity index (χ0) is 27.2. The first-order chi connectivity index (χ1) is 18.3. The van der Waals surface area contributed by atoms with Crippen LogP contribution in [-0.4, -0.2) is 20.4 Å². The number of rotatable bonds is 10. The summed E-state index contributed by atoms with van der Waals surface area (Å²) in [6, 6.07) is 20.4. The van der Waals surface area contributed by atoms with E-state index in [-0.39, 0.29) is 23.0 Å². The number of aryl methyl sites for hydroxylation is 1. The van der Waals surface area contributed by atoms with Crippen LogP contribution in [0.1, 0.15) is 38.9 Å². The number of hydrogen-bond acceptors (Lipinski definition) is 5. The third-order valence-electron chi connectivity index (χ3n) is 6.43. The van der Waals surface area contributed by atoms with Gasteiger partial charge >= 0.3 is 0 Å². The van der Waals surface area contributed by atoms with Crippen molar-refractivity contribution in [3.63, 3.8) is 0 Å². The zero-order valence-electron chi connectivity index (χ0n) is 21.4. The molecular weight excluding hydrogens is 492 g/mol. The van der Waals surface area contributed by atoms with Crippen LogP contribution in [0.3, 0.4) is 0 Å². The Kier molecular flexibility index (Phi) is 8.49. The molecular formula is C33H32O4S. The van der Waals surface area contributed by atoms with E-state index in [4.69, 9.17) is 0 Å². The highest BCUT2D eigenvalue weighted by atomic mass is 32.2. The number of allylic oxidation sites excluding steroid dienone is 2. The Hall–Kier alpha value is -4.09. The molecule has 4 aromatic rings. The molecule has 0 aliphatic heterocycles. The number of phenols is 4. The molecule has 4 nitrogen and oxygen atoms in total. The fraction of sp³-hybridized carbons (Fsp3) is 0.152. The Morgan fingerprint density at radius 3 is 1.61 bits per heavy atom. The molecule has 0 unspecified atom stereocenters. The minimum absolute atomic E-state index is 0.204. The summed E-state index contributed by atoms with van der Waals surface area (Å²) in [5.74, 6) is 0.964. The summed E-state index contributed by atoms with van der Waals surface area (Å²) in [5.41, 5.74) is 5.95. The van der Waals surface area contributed by atoms with Crippen LogP contribution in [-0.2, 0) is 25.7 Å². The van der Waals surface area contributed by atoms with Crippen LogP contribution in [0, 0.1) is 6.92 Å². The lowest BCUT2D eigenvalue weighted by molar-refractivity contribution is 0.462. The second kappa shape index (κ2) is 12.0. The van der Waals surface area contributed by atoms with Crippen molar-refractivity contribution in [2.45, 2.75) is 42.4 Å². The molecule has 0 saturated heterocycles. The molecule has 0 aliphatic carbocycles. The van der Waals surface area contributed by atoms with Gasteiger partial charge in [-0.05, 0) is 101 Å². The highest BCUT2D eigenvalue weighted by Crippen LogP contribution is 2.39. The van der Waals surface area contributed by atoms with E-state index >= 15 is 0 Å². The predicted molar refractivity (Wildman–Crippen MR) is 155 cm³/mol. The predicted octanol–water partition coefficient (Wildman–Crippen LogP) is 7.61. The van der Waals surface area contributed by atoms with Crippen molar-refractivity contribution in [3.8, 4) is 23.0 Å². The lowest BCUT2D eigenvalue weighted by Crippen LogP contribution is -1.96. The van der Waals surface area contributed by atoms with Gasteiger partial charge in [0.15, 0.2) is 0 Å². The Bertz CT molecular complexity index is 1470. The maximum Gasteiger partial charge on any atom is 0.122 e. The third kappa shape index (κ3) is 6.42. The van der Waals surface area contributed by atoms with Crippen LogP contribution in [0.25, 0.3) is 0 Å². The van der Waals surface area contributed by atoms with Gasteiger partial charge in [0.05, 0.1) is 0 Å². The fourth-order valence-corrected chi connectivity index (χ4v) is 5.56. The molecule has 0 aromatic heterocycles. The summed E-state index contributed by atoms with van der Waals surface area (Å²) < 4.78 is 0. The number of benzene rings is 4. The van der Waals surface area contributed by atoms with Gasteiger partial charge < -0.3 is 20.4 Å². The lowest BCUT2D eigenvalue weighted by atomic mass is 9.98. The number of aromatic hydroxyl groups is 4. The van der Waals surface area contributed by atoms with E-state index in [0.717, 1.165) is 48.7 Å². The molecule has 194 valence electrons. The average Bonchev–Trinajstić information content (AvgIpc) is 2.88. The summed E-state index contributed by atoms with van der Waals surface area (Å²) in [6.07, 6.45) is 5.66. The molecule has 4 N–H and O–H groups in total. The first kappa shape index (κ1) is 27.0. The average molecular weight is 525 g/mol. The number of phenolic OH excluding ortho intramolecular Hbond substituents is 4. The highest BCUT2D eigenvalue weighted by molar-refractivity contribution is 7.99. The normalized spacial score (nSPS) is 10.9. The van der Waals surface area contributed by atoms with Gasteiger partial charge in [0.25, 0.3) is 0 Å². The van der Waals surface area contributed by atoms with E-state index in [1.54, 1.807) is 42.1 Å². The summed E-state index contributed by atoms with van der Waals surface area (Å²) in [6.45, 7) is 9.54.